The monoisotopic (exact) mass is 169 g/mol. The Labute approximate surface area is 70.9 Å². The second-order valence-electron chi connectivity index (χ2n) is 3.29. The van der Waals surface area contributed by atoms with E-state index in [1.807, 2.05) is 0 Å². The molecule has 12 heavy (non-hydrogen) atoms. The van der Waals surface area contributed by atoms with E-state index in [1.165, 1.54) is 0 Å². The van der Waals surface area contributed by atoms with Crippen molar-refractivity contribution in [1.29, 1.82) is 0 Å². The number of isocyanates is 1. The molecule has 0 aliphatic carbocycles. The lowest BCUT2D eigenvalue weighted by molar-refractivity contribution is -0.140. The zero-order valence-electron chi connectivity index (χ0n) is 7.38. The number of carbonyl (C=O) groups excluding carboxylic acids is 2. The molecule has 0 aromatic rings. The Hall–Kier alpha value is -1.41. The average molecular weight is 169 g/mol. The minimum Gasteiger partial charge on any atom is -0.302 e. The van der Waals surface area contributed by atoms with E-state index >= 15 is 0 Å². The van der Waals surface area contributed by atoms with Gasteiger partial charge < -0.3 is 4.84 Å². The zero-order valence-corrected chi connectivity index (χ0v) is 7.38. The molecule has 0 heterocycles. The third-order valence-corrected chi connectivity index (χ3v) is 1.32. The molecule has 0 aliphatic heterocycles. The maximum atomic E-state index is 11.0. The van der Waals surface area contributed by atoms with Crippen LogP contribution in [0.15, 0.2) is 17.3 Å². The third-order valence-electron chi connectivity index (χ3n) is 1.32. The van der Waals surface area contributed by atoms with Gasteiger partial charge in [0.25, 0.3) is 6.08 Å². The van der Waals surface area contributed by atoms with Crippen molar-refractivity contribution < 1.29 is 14.4 Å². The quantitative estimate of drug-likeness (QED) is 0.206. The van der Waals surface area contributed by atoms with Crippen LogP contribution in [-0.2, 0) is 14.4 Å². The fourth-order valence-electron chi connectivity index (χ4n) is 0.421. The highest BCUT2D eigenvalue weighted by Crippen LogP contribution is 2.24. The Morgan fingerprint density at radius 3 is 2.33 bits per heavy atom. The minimum atomic E-state index is -0.703. The summed E-state index contributed by atoms with van der Waals surface area (Å²) >= 11 is 0. The summed E-state index contributed by atoms with van der Waals surface area (Å²) in [4.78, 5) is 24.7. The van der Waals surface area contributed by atoms with Crippen molar-refractivity contribution >= 4 is 12.0 Å². The normalized spacial score (nSPS) is 9.92. The van der Waals surface area contributed by atoms with Crippen LogP contribution in [0.25, 0.3) is 0 Å². The van der Waals surface area contributed by atoms with Gasteiger partial charge in [0.2, 0.25) is 0 Å². The van der Waals surface area contributed by atoms with Gasteiger partial charge in [-0.1, -0.05) is 27.4 Å². The Morgan fingerprint density at radius 1 is 1.50 bits per heavy atom. The fraction of sp³-hybridized carbons (Fsp3) is 0.500. The van der Waals surface area contributed by atoms with E-state index in [4.69, 9.17) is 0 Å². The van der Waals surface area contributed by atoms with Crippen molar-refractivity contribution in [2.24, 2.45) is 10.6 Å². The van der Waals surface area contributed by atoms with Crippen LogP contribution in [0.5, 0.6) is 0 Å². The molecule has 0 saturated carbocycles. The molecule has 4 nitrogen and oxygen atoms in total. The first-order valence-corrected chi connectivity index (χ1v) is 3.37. The Kier molecular flexibility index (Phi) is 3.38. The van der Waals surface area contributed by atoms with Crippen LogP contribution in [0.3, 0.4) is 0 Å². The van der Waals surface area contributed by atoms with Crippen molar-refractivity contribution in [3.8, 4) is 0 Å². The lowest BCUT2D eigenvalue weighted by Crippen LogP contribution is -2.17. The Balaban J connectivity index is 4.31. The van der Waals surface area contributed by atoms with Crippen LogP contribution in [-0.4, -0.2) is 12.0 Å². The first-order valence-electron chi connectivity index (χ1n) is 3.37. The van der Waals surface area contributed by atoms with E-state index in [9.17, 15) is 9.59 Å². The molecule has 0 atom stereocenters. The molecule has 4 heteroatoms. The zero-order chi connectivity index (χ0) is 9.78. The molecule has 0 aromatic heterocycles. The summed E-state index contributed by atoms with van der Waals surface area (Å²) in [6.45, 7) is 8.93. The molecule has 0 rings (SSSR count). The van der Waals surface area contributed by atoms with Crippen LogP contribution in [0.4, 0.5) is 0 Å². The Morgan fingerprint density at radius 2 is 2.00 bits per heavy atom. The summed E-state index contributed by atoms with van der Waals surface area (Å²) in [5.74, 6) is -0.703. The molecule has 0 fully saturated rings. The van der Waals surface area contributed by atoms with E-state index in [0.717, 1.165) is 6.08 Å². The van der Waals surface area contributed by atoms with Crippen LogP contribution in [0, 0.1) is 5.41 Å². The van der Waals surface area contributed by atoms with Crippen molar-refractivity contribution in [1.82, 2.24) is 0 Å². The highest BCUT2D eigenvalue weighted by molar-refractivity contribution is 5.88. The summed E-state index contributed by atoms with van der Waals surface area (Å²) in [5.41, 5.74) is -0.114. The standard InChI is InChI=1S/C8H11NO3/c1-6(8(2,3)4)7(11)12-9-5-10/h1H2,2-4H3. The second kappa shape index (κ2) is 3.83. The van der Waals surface area contributed by atoms with Crippen LogP contribution in [0.1, 0.15) is 20.8 Å². The second-order valence-corrected chi connectivity index (χ2v) is 3.29. The molecule has 66 valence electrons. The molecule has 0 amide bonds. The molecule has 0 saturated heterocycles. The summed E-state index contributed by atoms with van der Waals surface area (Å²) in [7, 11) is 0. The van der Waals surface area contributed by atoms with Gasteiger partial charge >= 0.3 is 5.97 Å². The third kappa shape index (κ3) is 3.12. The van der Waals surface area contributed by atoms with Gasteiger partial charge in [-0.25, -0.2) is 9.59 Å². The van der Waals surface area contributed by atoms with Crippen LogP contribution < -0.4 is 0 Å². The van der Waals surface area contributed by atoms with Crippen LogP contribution >= 0.6 is 0 Å². The first-order chi connectivity index (χ1) is 5.39. The van der Waals surface area contributed by atoms with Gasteiger partial charge in [0.15, 0.2) is 0 Å². The highest BCUT2D eigenvalue weighted by atomic mass is 16.7. The smallest absolute Gasteiger partial charge is 0.302 e. The maximum Gasteiger partial charge on any atom is 0.362 e. The first kappa shape index (κ1) is 10.6. The lowest BCUT2D eigenvalue weighted by Gasteiger charge is -2.17. The molecule has 0 aromatic carbocycles. The van der Waals surface area contributed by atoms with E-state index < -0.39 is 5.97 Å². The van der Waals surface area contributed by atoms with E-state index in [1.54, 1.807) is 20.8 Å². The predicted octanol–water partition coefficient (Wildman–Crippen LogP) is 1.38. The predicted molar refractivity (Wildman–Crippen MR) is 42.8 cm³/mol. The summed E-state index contributed by atoms with van der Waals surface area (Å²) in [6.07, 6.45) is 1.10. The minimum absolute atomic E-state index is 0.265. The molecule has 0 spiro atoms. The van der Waals surface area contributed by atoms with Gasteiger partial charge in [0.1, 0.15) is 0 Å². The summed E-state index contributed by atoms with van der Waals surface area (Å²) in [6, 6.07) is 0. The molecular formula is C8H11NO3. The molecule has 0 N–H and O–H groups in total. The van der Waals surface area contributed by atoms with Crippen molar-refractivity contribution in [3.05, 3.63) is 12.2 Å². The Bertz CT molecular complexity index is 244. The number of carbonyl (C=O) groups is 1. The van der Waals surface area contributed by atoms with Crippen molar-refractivity contribution in [2.75, 3.05) is 0 Å². The van der Waals surface area contributed by atoms with Crippen molar-refractivity contribution in [3.63, 3.8) is 0 Å². The molecule has 0 aliphatic rings. The molecule has 0 unspecified atom stereocenters. The topological polar surface area (TPSA) is 55.7 Å². The van der Waals surface area contributed by atoms with Gasteiger partial charge in [-0.2, -0.15) is 0 Å². The van der Waals surface area contributed by atoms with Gasteiger partial charge in [-0.15, -0.1) is 0 Å². The summed E-state index contributed by atoms with van der Waals surface area (Å²) < 4.78 is 0. The number of hydrogen-bond donors (Lipinski definition) is 0. The maximum absolute atomic E-state index is 11.0. The lowest BCUT2D eigenvalue weighted by atomic mass is 9.88. The number of hydrogen-bond acceptors (Lipinski definition) is 4. The average Bonchev–Trinajstić information content (AvgIpc) is 1.97. The van der Waals surface area contributed by atoms with Gasteiger partial charge in [-0.3, -0.25) is 0 Å². The molecule has 0 bridgehead atoms. The summed E-state index contributed by atoms with van der Waals surface area (Å²) in [5, 5.41) is 2.69. The molecule has 0 radical (unpaired) electrons. The largest absolute Gasteiger partial charge is 0.362 e. The van der Waals surface area contributed by atoms with Crippen molar-refractivity contribution in [2.45, 2.75) is 20.8 Å². The molecular weight excluding hydrogens is 158 g/mol. The van der Waals surface area contributed by atoms with E-state index in [2.05, 4.69) is 16.6 Å². The van der Waals surface area contributed by atoms with Gasteiger partial charge in [-0.05, 0) is 5.41 Å². The van der Waals surface area contributed by atoms with Gasteiger partial charge in [0, 0.05) is 10.7 Å². The van der Waals surface area contributed by atoms with E-state index in [-0.39, 0.29) is 11.0 Å². The SMILES string of the molecule is C=C(C(=O)ON=C=O)C(C)(C)C. The van der Waals surface area contributed by atoms with E-state index in [0.29, 0.717) is 0 Å². The fourth-order valence-corrected chi connectivity index (χ4v) is 0.421. The highest BCUT2D eigenvalue weighted by Gasteiger charge is 2.23. The van der Waals surface area contributed by atoms with Crippen LogP contribution in [0.2, 0.25) is 0 Å². The van der Waals surface area contributed by atoms with Gasteiger partial charge in [0.05, 0.1) is 0 Å². The number of rotatable bonds is 2. The number of nitrogens with zero attached hydrogens (tertiary/aromatic N) is 1.